The first-order valence-electron chi connectivity index (χ1n) is 9.55. The van der Waals surface area contributed by atoms with E-state index < -0.39 is 0 Å². The van der Waals surface area contributed by atoms with Crippen molar-refractivity contribution in [3.8, 4) is 5.75 Å². The van der Waals surface area contributed by atoms with Gasteiger partial charge in [0.25, 0.3) is 5.91 Å². The molecule has 1 aliphatic rings. The number of aryl methyl sites for hydroxylation is 3. The van der Waals surface area contributed by atoms with Gasteiger partial charge in [-0.15, -0.1) is 0 Å². The molecule has 0 fully saturated rings. The summed E-state index contributed by atoms with van der Waals surface area (Å²) in [6, 6.07) is 11.8. The summed E-state index contributed by atoms with van der Waals surface area (Å²) >= 11 is 0. The Labute approximate surface area is 163 Å². The highest BCUT2D eigenvalue weighted by molar-refractivity contribution is 5.89. The van der Waals surface area contributed by atoms with Crippen LogP contribution in [0.1, 0.15) is 34.2 Å². The van der Waals surface area contributed by atoms with E-state index in [1.54, 1.807) is 0 Å². The van der Waals surface area contributed by atoms with Crippen LogP contribution in [0.15, 0.2) is 45.6 Å². The zero-order valence-corrected chi connectivity index (χ0v) is 16.1. The molecule has 2 aromatic carbocycles. The molecule has 0 aliphatic heterocycles. The number of nitrogens with one attached hydrogen (secondary N) is 1. The molecule has 1 aliphatic carbocycles. The lowest BCUT2D eigenvalue weighted by molar-refractivity contribution is -0.123. The van der Waals surface area contributed by atoms with Gasteiger partial charge in [0.05, 0.1) is 5.39 Å². The van der Waals surface area contributed by atoms with Gasteiger partial charge in [0.2, 0.25) is 0 Å². The zero-order valence-electron chi connectivity index (χ0n) is 16.1. The van der Waals surface area contributed by atoms with Crippen molar-refractivity contribution in [2.75, 3.05) is 6.61 Å². The molecule has 0 atom stereocenters. The molecule has 5 heteroatoms. The van der Waals surface area contributed by atoms with E-state index in [2.05, 4.69) is 5.32 Å². The molecule has 0 spiro atoms. The molecule has 1 N–H and O–H groups in total. The molecule has 0 saturated carbocycles. The third-order valence-corrected chi connectivity index (χ3v) is 5.15. The van der Waals surface area contributed by atoms with Gasteiger partial charge in [0.15, 0.2) is 6.61 Å². The monoisotopic (exact) mass is 377 g/mol. The zero-order chi connectivity index (χ0) is 19.7. The lowest BCUT2D eigenvalue weighted by Gasteiger charge is -2.13. The fourth-order valence-electron chi connectivity index (χ4n) is 3.72. The first kappa shape index (κ1) is 18.3. The van der Waals surface area contributed by atoms with Crippen LogP contribution in [0.2, 0.25) is 0 Å². The van der Waals surface area contributed by atoms with E-state index in [-0.39, 0.29) is 18.1 Å². The summed E-state index contributed by atoms with van der Waals surface area (Å²) in [5, 5.41) is 3.70. The van der Waals surface area contributed by atoms with E-state index in [1.807, 2.05) is 50.2 Å². The fourth-order valence-corrected chi connectivity index (χ4v) is 3.72. The molecule has 5 nitrogen and oxygen atoms in total. The van der Waals surface area contributed by atoms with Crippen LogP contribution in [-0.4, -0.2) is 12.5 Å². The lowest BCUT2D eigenvalue weighted by Crippen LogP contribution is -2.28. The number of amides is 1. The predicted octanol–water partition coefficient (Wildman–Crippen LogP) is 3.59. The number of carbonyl (C=O) groups excluding carboxylic acids is 1. The summed E-state index contributed by atoms with van der Waals surface area (Å²) < 4.78 is 11.4. The van der Waals surface area contributed by atoms with Gasteiger partial charge in [-0.25, -0.2) is 4.79 Å². The van der Waals surface area contributed by atoms with Gasteiger partial charge >= 0.3 is 5.63 Å². The molecular weight excluding hydrogens is 354 g/mol. The van der Waals surface area contributed by atoms with Gasteiger partial charge in [0, 0.05) is 12.1 Å². The van der Waals surface area contributed by atoms with E-state index in [4.69, 9.17) is 9.15 Å². The Morgan fingerprint density at radius 3 is 2.61 bits per heavy atom. The Bertz CT molecular complexity index is 1100. The normalized spacial score (nSPS) is 12.8. The van der Waals surface area contributed by atoms with Gasteiger partial charge in [-0.3, -0.25) is 4.79 Å². The third-order valence-electron chi connectivity index (χ3n) is 5.15. The molecule has 0 radical (unpaired) electrons. The number of hydrogen-bond donors (Lipinski definition) is 1. The van der Waals surface area contributed by atoms with Gasteiger partial charge < -0.3 is 14.5 Å². The average Bonchev–Trinajstić information content (AvgIpc) is 3.15. The second-order valence-corrected chi connectivity index (χ2v) is 7.39. The largest absolute Gasteiger partial charge is 0.483 e. The van der Waals surface area contributed by atoms with Gasteiger partial charge in [0.1, 0.15) is 11.3 Å². The Kier molecular flexibility index (Phi) is 4.90. The maximum absolute atomic E-state index is 12.3. The second kappa shape index (κ2) is 7.50. The number of carbonyl (C=O) groups is 1. The van der Waals surface area contributed by atoms with Crippen LogP contribution in [0.25, 0.3) is 11.0 Å². The standard InChI is InChI=1S/C23H23NO4/c1-14-6-8-16(9-7-14)12-24-21(25)13-27-19-10-15(2)11-20-22(19)17-4-3-5-18(17)23(26)28-20/h6-11H,3-5,12-13H2,1-2H3,(H,24,25). The van der Waals surface area contributed by atoms with Crippen molar-refractivity contribution in [2.45, 2.75) is 39.7 Å². The first-order valence-corrected chi connectivity index (χ1v) is 9.55. The van der Waals surface area contributed by atoms with Crippen LogP contribution in [-0.2, 0) is 24.2 Å². The minimum Gasteiger partial charge on any atom is -0.483 e. The number of fused-ring (bicyclic) bond motifs is 3. The van der Waals surface area contributed by atoms with Crippen molar-refractivity contribution >= 4 is 16.9 Å². The highest BCUT2D eigenvalue weighted by Gasteiger charge is 2.22. The second-order valence-electron chi connectivity index (χ2n) is 7.39. The van der Waals surface area contributed by atoms with Gasteiger partial charge in [-0.05, 0) is 61.9 Å². The molecular formula is C23H23NO4. The van der Waals surface area contributed by atoms with Crippen molar-refractivity contribution in [1.82, 2.24) is 5.32 Å². The van der Waals surface area contributed by atoms with Crippen molar-refractivity contribution < 1.29 is 13.9 Å². The molecule has 0 bridgehead atoms. The lowest BCUT2D eigenvalue weighted by atomic mass is 10.0. The SMILES string of the molecule is Cc1ccc(CNC(=O)COc2cc(C)cc3oc(=O)c4c(c23)CCC4)cc1. The van der Waals surface area contributed by atoms with Crippen LogP contribution >= 0.6 is 0 Å². The topological polar surface area (TPSA) is 68.5 Å². The molecule has 0 saturated heterocycles. The average molecular weight is 377 g/mol. The molecule has 0 unspecified atom stereocenters. The maximum Gasteiger partial charge on any atom is 0.339 e. The van der Waals surface area contributed by atoms with Crippen LogP contribution in [0.5, 0.6) is 5.75 Å². The highest BCUT2D eigenvalue weighted by atomic mass is 16.5. The summed E-state index contributed by atoms with van der Waals surface area (Å²) in [6.07, 6.45) is 2.50. The van der Waals surface area contributed by atoms with Gasteiger partial charge in [-0.2, -0.15) is 0 Å². The number of benzene rings is 2. The maximum atomic E-state index is 12.3. The Balaban J connectivity index is 1.51. The predicted molar refractivity (Wildman–Crippen MR) is 108 cm³/mol. The van der Waals surface area contributed by atoms with Crippen molar-refractivity contribution in [2.24, 2.45) is 0 Å². The number of hydrogen-bond acceptors (Lipinski definition) is 4. The highest BCUT2D eigenvalue weighted by Crippen LogP contribution is 2.35. The quantitative estimate of drug-likeness (QED) is 0.690. The van der Waals surface area contributed by atoms with Crippen molar-refractivity contribution in [1.29, 1.82) is 0 Å². The molecule has 1 heterocycles. The Hall–Kier alpha value is -3.08. The smallest absolute Gasteiger partial charge is 0.339 e. The summed E-state index contributed by atoms with van der Waals surface area (Å²) in [5.74, 6) is 0.409. The minimum absolute atomic E-state index is 0.0850. The summed E-state index contributed by atoms with van der Waals surface area (Å²) in [7, 11) is 0. The molecule has 4 rings (SSSR count). The molecule has 3 aromatic rings. The van der Waals surface area contributed by atoms with Crippen LogP contribution in [0.4, 0.5) is 0 Å². The molecule has 1 amide bonds. The summed E-state index contributed by atoms with van der Waals surface area (Å²) in [4.78, 5) is 24.4. The summed E-state index contributed by atoms with van der Waals surface area (Å²) in [5.41, 5.74) is 5.16. The van der Waals surface area contributed by atoms with Crippen LogP contribution in [0, 0.1) is 13.8 Å². The molecule has 144 valence electrons. The van der Waals surface area contributed by atoms with E-state index in [1.165, 1.54) is 5.56 Å². The van der Waals surface area contributed by atoms with Crippen LogP contribution < -0.4 is 15.7 Å². The van der Waals surface area contributed by atoms with Crippen LogP contribution in [0.3, 0.4) is 0 Å². The third kappa shape index (κ3) is 3.65. The van der Waals surface area contributed by atoms with E-state index >= 15 is 0 Å². The molecule has 1 aromatic heterocycles. The van der Waals surface area contributed by atoms with E-state index in [0.717, 1.165) is 46.9 Å². The number of rotatable bonds is 5. The fraction of sp³-hybridized carbons (Fsp3) is 0.304. The molecule has 28 heavy (non-hydrogen) atoms. The van der Waals surface area contributed by atoms with E-state index in [0.29, 0.717) is 17.9 Å². The van der Waals surface area contributed by atoms with Crippen molar-refractivity contribution in [3.05, 3.63) is 74.6 Å². The Morgan fingerprint density at radius 2 is 1.82 bits per heavy atom. The van der Waals surface area contributed by atoms with E-state index in [9.17, 15) is 9.59 Å². The summed E-state index contributed by atoms with van der Waals surface area (Å²) in [6.45, 7) is 4.32. The number of ether oxygens (including phenoxy) is 1. The van der Waals surface area contributed by atoms with Crippen molar-refractivity contribution in [3.63, 3.8) is 0 Å². The Morgan fingerprint density at radius 1 is 1.07 bits per heavy atom. The minimum atomic E-state index is -0.257. The first-order chi connectivity index (χ1) is 13.5. The van der Waals surface area contributed by atoms with Gasteiger partial charge in [-0.1, -0.05) is 29.8 Å².